The van der Waals surface area contributed by atoms with Crippen molar-refractivity contribution in [3.8, 4) is 22.9 Å². The Bertz CT molecular complexity index is 897. The lowest BCUT2D eigenvalue weighted by Gasteiger charge is -2.10. The molecule has 3 rings (SSSR count). The molecule has 0 radical (unpaired) electrons. The number of methoxy groups -OCH3 is 1. The van der Waals surface area contributed by atoms with Crippen molar-refractivity contribution in [1.82, 2.24) is 9.36 Å². The van der Waals surface area contributed by atoms with E-state index in [1.807, 2.05) is 55.5 Å². The summed E-state index contributed by atoms with van der Waals surface area (Å²) >= 11 is 2.64. The maximum atomic E-state index is 12.2. The van der Waals surface area contributed by atoms with E-state index in [-0.39, 0.29) is 11.7 Å². The van der Waals surface area contributed by atoms with E-state index < -0.39 is 0 Å². The molecule has 2 aromatic carbocycles. The van der Waals surface area contributed by atoms with Gasteiger partial charge in [-0.1, -0.05) is 23.9 Å². The largest absolute Gasteiger partial charge is 0.497 e. The summed E-state index contributed by atoms with van der Waals surface area (Å²) in [6, 6.07) is 14.9. The Morgan fingerprint density at radius 1 is 1.19 bits per heavy atom. The van der Waals surface area contributed by atoms with E-state index in [1.165, 1.54) is 23.3 Å². The minimum absolute atomic E-state index is 0.117. The molecule has 140 valence electrons. The van der Waals surface area contributed by atoms with Gasteiger partial charge >= 0.3 is 0 Å². The van der Waals surface area contributed by atoms with Gasteiger partial charge in [0, 0.05) is 5.56 Å². The lowest BCUT2D eigenvalue weighted by molar-refractivity contribution is -0.113. The van der Waals surface area contributed by atoms with Crippen LogP contribution in [0.1, 0.15) is 6.92 Å². The van der Waals surface area contributed by atoms with Crippen LogP contribution in [0.15, 0.2) is 52.9 Å². The lowest BCUT2D eigenvalue weighted by Crippen LogP contribution is -2.14. The summed E-state index contributed by atoms with van der Waals surface area (Å²) in [5, 5.41) is 2.87. The maximum absolute atomic E-state index is 12.2. The highest BCUT2D eigenvalue weighted by Crippen LogP contribution is 2.27. The first-order chi connectivity index (χ1) is 13.2. The van der Waals surface area contributed by atoms with Gasteiger partial charge in [-0.3, -0.25) is 4.79 Å². The molecule has 6 nitrogen and oxygen atoms in total. The van der Waals surface area contributed by atoms with Crippen molar-refractivity contribution in [3.63, 3.8) is 0 Å². The van der Waals surface area contributed by atoms with E-state index in [0.717, 1.165) is 15.7 Å². The van der Waals surface area contributed by atoms with Gasteiger partial charge in [0.05, 0.1) is 25.2 Å². The van der Waals surface area contributed by atoms with Gasteiger partial charge in [-0.25, -0.2) is 4.98 Å². The Labute approximate surface area is 166 Å². The van der Waals surface area contributed by atoms with E-state index in [4.69, 9.17) is 9.47 Å². The Kier molecular flexibility index (Phi) is 6.67. The summed E-state index contributed by atoms with van der Waals surface area (Å²) in [6.07, 6.45) is 0. The molecule has 0 saturated carbocycles. The van der Waals surface area contributed by atoms with Crippen LogP contribution in [0.5, 0.6) is 11.5 Å². The van der Waals surface area contributed by atoms with Gasteiger partial charge < -0.3 is 14.8 Å². The fourth-order valence-corrected chi connectivity index (χ4v) is 3.71. The van der Waals surface area contributed by atoms with Crippen LogP contribution >= 0.6 is 23.3 Å². The number of benzene rings is 2. The average Bonchev–Trinajstić information content (AvgIpc) is 3.17. The van der Waals surface area contributed by atoms with Crippen molar-refractivity contribution in [2.45, 2.75) is 11.3 Å². The third-order valence-electron chi connectivity index (χ3n) is 3.54. The number of ether oxygens (including phenoxy) is 2. The highest BCUT2D eigenvalue weighted by Gasteiger charge is 2.11. The molecule has 27 heavy (non-hydrogen) atoms. The number of thioether (sulfide) groups is 1. The molecular weight excluding hydrogens is 382 g/mol. The third-order valence-corrected chi connectivity index (χ3v) is 5.38. The molecule has 1 N–H and O–H groups in total. The minimum Gasteiger partial charge on any atom is -0.497 e. The molecular formula is C19H19N3O3S2. The molecule has 0 aliphatic heterocycles. The van der Waals surface area contributed by atoms with E-state index in [9.17, 15) is 4.79 Å². The SMILES string of the molecule is CCOc1ccccc1NC(=O)CSc1nc(-c2ccc(OC)cc2)ns1. The summed E-state index contributed by atoms with van der Waals surface area (Å²) in [7, 11) is 1.63. The molecule has 1 amide bonds. The van der Waals surface area contributed by atoms with Crippen molar-refractivity contribution >= 4 is 34.9 Å². The summed E-state index contributed by atoms with van der Waals surface area (Å²) < 4.78 is 15.8. The van der Waals surface area contributed by atoms with Crippen LogP contribution in [-0.2, 0) is 4.79 Å². The summed E-state index contributed by atoms with van der Waals surface area (Å²) in [6.45, 7) is 2.45. The molecule has 8 heteroatoms. The topological polar surface area (TPSA) is 73.3 Å². The Hall–Kier alpha value is -2.58. The van der Waals surface area contributed by atoms with Gasteiger partial charge in [-0.2, -0.15) is 4.37 Å². The Morgan fingerprint density at radius 2 is 1.96 bits per heavy atom. The fraction of sp³-hybridized carbons (Fsp3) is 0.211. The first-order valence-corrected chi connectivity index (χ1v) is 10.1. The number of carbonyl (C=O) groups is 1. The Morgan fingerprint density at radius 3 is 2.70 bits per heavy atom. The number of anilines is 1. The molecule has 1 aromatic heterocycles. The Balaban J connectivity index is 1.57. The predicted molar refractivity (Wildman–Crippen MR) is 109 cm³/mol. The fourth-order valence-electron chi connectivity index (χ4n) is 2.29. The van der Waals surface area contributed by atoms with Gasteiger partial charge in [-0.05, 0) is 54.9 Å². The molecule has 0 atom stereocenters. The highest BCUT2D eigenvalue weighted by molar-refractivity contribution is 8.01. The molecule has 0 aliphatic carbocycles. The van der Waals surface area contributed by atoms with Crippen LogP contribution in [0.25, 0.3) is 11.4 Å². The van der Waals surface area contributed by atoms with Gasteiger partial charge in [-0.15, -0.1) is 0 Å². The number of hydrogen-bond donors (Lipinski definition) is 1. The highest BCUT2D eigenvalue weighted by atomic mass is 32.2. The smallest absolute Gasteiger partial charge is 0.234 e. The van der Waals surface area contributed by atoms with Crippen LogP contribution < -0.4 is 14.8 Å². The van der Waals surface area contributed by atoms with Crippen LogP contribution in [0.4, 0.5) is 5.69 Å². The second-order valence-corrected chi connectivity index (χ2v) is 7.35. The molecule has 3 aromatic rings. The van der Waals surface area contributed by atoms with E-state index in [2.05, 4.69) is 14.7 Å². The number of carbonyl (C=O) groups excluding carboxylic acids is 1. The van der Waals surface area contributed by atoms with Crippen molar-refractivity contribution in [3.05, 3.63) is 48.5 Å². The van der Waals surface area contributed by atoms with Crippen LogP contribution in [0.3, 0.4) is 0 Å². The summed E-state index contributed by atoms with van der Waals surface area (Å²) in [5.74, 6) is 2.22. The number of para-hydroxylation sites is 2. The average molecular weight is 402 g/mol. The number of amides is 1. The number of rotatable bonds is 8. The zero-order valence-electron chi connectivity index (χ0n) is 15.0. The maximum Gasteiger partial charge on any atom is 0.234 e. The van der Waals surface area contributed by atoms with Crippen molar-refractivity contribution in [1.29, 1.82) is 0 Å². The van der Waals surface area contributed by atoms with Crippen LogP contribution in [0, 0.1) is 0 Å². The second-order valence-electron chi connectivity index (χ2n) is 5.38. The normalized spacial score (nSPS) is 10.4. The molecule has 0 bridgehead atoms. The predicted octanol–water partition coefficient (Wildman–Crippen LogP) is 4.34. The van der Waals surface area contributed by atoms with Crippen LogP contribution in [0.2, 0.25) is 0 Å². The van der Waals surface area contributed by atoms with Crippen LogP contribution in [-0.4, -0.2) is 34.7 Å². The van der Waals surface area contributed by atoms with Gasteiger partial charge in [0.25, 0.3) is 0 Å². The third kappa shape index (κ3) is 5.21. The first kappa shape index (κ1) is 19.2. The number of nitrogens with zero attached hydrogens (tertiary/aromatic N) is 2. The van der Waals surface area contributed by atoms with Crippen molar-refractivity contribution in [2.75, 3.05) is 24.8 Å². The molecule has 0 fully saturated rings. The molecule has 0 unspecified atom stereocenters. The monoisotopic (exact) mass is 401 g/mol. The van der Waals surface area contributed by atoms with Gasteiger partial charge in [0.1, 0.15) is 11.5 Å². The summed E-state index contributed by atoms with van der Waals surface area (Å²) in [5.41, 5.74) is 1.58. The second kappa shape index (κ2) is 9.38. The summed E-state index contributed by atoms with van der Waals surface area (Å²) in [4.78, 5) is 16.7. The minimum atomic E-state index is -0.117. The van der Waals surface area contributed by atoms with Crippen molar-refractivity contribution in [2.24, 2.45) is 0 Å². The van der Waals surface area contributed by atoms with Gasteiger partial charge in [0.2, 0.25) is 5.91 Å². The van der Waals surface area contributed by atoms with E-state index in [1.54, 1.807) is 7.11 Å². The molecule has 0 spiro atoms. The number of nitrogens with one attached hydrogen (secondary N) is 1. The zero-order valence-corrected chi connectivity index (χ0v) is 16.6. The number of aromatic nitrogens is 2. The molecule has 0 aliphatic rings. The molecule has 0 saturated heterocycles. The van der Waals surface area contributed by atoms with Crippen molar-refractivity contribution < 1.29 is 14.3 Å². The lowest BCUT2D eigenvalue weighted by atomic mass is 10.2. The quantitative estimate of drug-likeness (QED) is 0.566. The van der Waals surface area contributed by atoms with E-state index >= 15 is 0 Å². The molecule has 1 heterocycles. The zero-order chi connectivity index (χ0) is 19.1. The van der Waals surface area contributed by atoms with E-state index in [0.29, 0.717) is 23.9 Å². The van der Waals surface area contributed by atoms with Gasteiger partial charge in [0.15, 0.2) is 10.2 Å². The number of hydrogen-bond acceptors (Lipinski definition) is 7. The standard InChI is InChI=1S/C19H19N3O3S2/c1-3-25-16-7-5-4-6-15(16)20-17(23)12-26-19-21-18(22-27-19)13-8-10-14(24-2)11-9-13/h4-11H,3,12H2,1-2H3,(H,20,23). The first-order valence-electron chi connectivity index (χ1n) is 8.32.